The molecule has 0 spiro atoms. The fraction of sp³-hybridized carbons (Fsp3) is 0.600. The van der Waals surface area contributed by atoms with Crippen molar-refractivity contribution in [3.8, 4) is 0 Å². The molecule has 0 atom stereocenters. The van der Waals surface area contributed by atoms with Crippen molar-refractivity contribution in [3.63, 3.8) is 0 Å². The molecule has 2 rings (SSSR count). The molecule has 6 heteroatoms. The molecule has 0 unspecified atom stereocenters. The number of nitrogens with zero attached hydrogens (tertiary/aromatic N) is 4. The Morgan fingerprint density at radius 2 is 2.05 bits per heavy atom. The number of aryl methyl sites for hydroxylation is 2. The van der Waals surface area contributed by atoms with Crippen LogP contribution in [-0.4, -0.2) is 19.6 Å². The molecule has 21 heavy (non-hydrogen) atoms. The van der Waals surface area contributed by atoms with Crippen molar-refractivity contribution in [2.75, 3.05) is 0 Å². The molecule has 118 valence electrons. The Hall–Kier alpha value is -1.33. The fourth-order valence-electron chi connectivity index (χ4n) is 2.24. The quantitative estimate of drug-likeness (QED) is 0.855. The summed E-state index contributed by atoms with van der Waals surface area (Å²) in [6, 6.07) is 2.08. The van der Waals surface area contributed by atoms with Crippen molar-refractivity contribution in [3.05, 3.63) is 35.4 Å². The van der Waals surface area contributed by atoms with E-state index < -0.39 is 0 Å². The van der Waals surface area contributed by atoms with Crippen LogP contribution in [0.15, 0.2) is 18.5 Å². The van der Waals surface area contributed by atoms with Crippen molar-refractivity contribution >= 4 is 12.4 Å². The van der Waals surface area contributed by atoms with Crippen molar-refractivity contribution in [2.24, 2.45) is 5.92 Å². The van der Waals surface area contributed by atoms with Crippen LogP contribution in [0.5, 0.6) is 0 Å². The lowest BCUT2D eigenvalue weighted by Crippen LogP contribution is -2.18. The van der Waals surface area contributed by atoms with Gasteiger partial charge in [0.05, 0.1) is 11.4 Å². The first-order chi connectivity index (χ1) is 9.60. The number of hydrogen-bond acceptors (Lipinski definition) is 3. The first-order valence-corrected chi connectivity index (χ1v) is 7.34. The molecule has 2 heterocycles. The zero-order valence-corrected chi connectivity index (χ0v) is 14.2. The van der Waals surface area contributed by atoms with Crippen molar-refractivity contribution in [1.82, 2.24) is 24.9 Å². The smallest absolute Gasteiger partial charge is 0.0638 e. The topological polar surface area (TPSA) is 47.7 Å². The minimum atomic E-state index is 0. The molecule has 0 bridgehead atoms. The van der Waals surface area contributed by atoms with Gasteiger partial charge >= 0.3 is 0 Å². The summed E-state index contributed by atoms with van der Waals surface area (Å²) in [7, 11) is 0. The van der Waals surface area contributed by atoms with E-state index in [1.165, 1.54) is 11.3 Å². The van der Waals surface area contributed by atoms with Gasteiger partial charge in [-0.1, -0.05) is 13.8 Å². The fourth-order valence-corrected chi connectivity index (χ4v) is 2.24. The summed E-state index contributed by atoms with van der Waals surface area (Å²) in [6.07, 6.45) is 3.99. The van der Waals surface area contributed by atoms with E-state index in [0.29, 0.717) is 5.92 Å². The Morgan fingerprint density at radius 3 is 2.67 bits per heavy atom. The van der Waals surface area contributed by atoms with Gasteiger partial charge < -0.3 is 5.32 Å². The van der Waals surface area contributed by atoms with Crippen molar-refractivity contribution in [2.45, 2.75) is 53.9 Å². The lowest BCUT2D eigenvalue weighted by atomic mass is 10.2. The Kier molecular flexibility index (Phi) is 6.92. The zero-order chi connectivity index (χ0) is 14.5. The van der Waals surface area contributed by atoms with Gasteiger partial charge in [-0.3, -0.25) is 9.36 Å². The van der Waals surface area contributed by atoms with Gasteiger partial charge in [0.15, 0.2) is 0 Å². The van der Waals surface area contributed by atoms with Crippen LogP contribution in [0.1, 0.15) is 37.7 Å². The monoisotopic (exact) mass is 311 g/mol. The third kappa shape index (κ3) is 4.86. The Balaban J connectivity index is 0.00000220. The number of aromatic nitrogens is 4. The van der Waals surface area contributed by atoms with Crippen LogP contribution in [0.25, 0.3) is 0 Å². The van der Waals surface area contributed by atoms with E-state index >= 15 is 0 Å². The Labute approximate surface area is 133 Å². The zero-order valence-electron chi connectivity index (χ0n) is 13.3. The second-order valence-electron chi connectivity index (χ2n) is 5.60. The second kappa shape index (κ2) is 8.20. The molecule has 0 saturated heterocycles. The van der Waals surface area contributed by atoms with Gasteiger partial charge in [0, 0.05) is 44.1 Å². The molecule has 2 aromatic heterocycles. The highest BCUT2D eigenvalue weighted by Gasteiger charge is 2.06. The van der Waals surface area contributed by atoms with E-state index in [2.05, 4.69) is 60.2 Å². The van der Waals surface area contributed by atoms with E-state index in [4.69, 9.17) is 0 Å². The molecule has 0 aliphatic rings. The lowest BCUT2D eigenvalue weighted by Gasteiger charge is -2.10. The van der Waals surface area contributed by atoms with Crippen LogP contribution < -0.4 is 5.32 Å². The maximum Gasteiger partial charge on any atom is 0.0638 e. The summed E-state index contributed by atoms with van der Waals surface area (Å²) in [6.45, 7) is 12.2. The summed E-state index contributed by atoms with van der Waals surface area (Å²) in [4.78, 5) is 0. The van der Waals surface area contributed by atoms with Crippen LogP contribution >= 0.6 is 12.4 Å². The predicted octanol–water partition coefficient (Wildman–Crippen LogP) is 2.78. The number of halogens is 1. The van der Waals surface area contributed by atoms with Crippen LogP contribution in [0.4, 0.5) is 0 Å². The van der Waals surface area contributed by atoms with E-state index in [-0.39, 0.29) is 12.4 Å². The highest BCUT2D eigenvalue weighted by atomic mass is 35.5. The van der Waals surface area contributed by atoms with Crippen molar-refractivity contribution in [1.29, 1.82) is 0 Å². The molecule has 0 aromatic carbocycles. The molecular formula is C15H26ClN5. The normalized spacial score (nSPS) is 10.9. The van der Waals surface area contributed by atoms with Gasteiger partial charge in [0.25, 0.3) is 0 Å². The molecule has 0 aliphatic heterocycles. The average Bonchev–Trinajstić information content (AvgIpc) is 2.97. The molecular weight excluding hydrogens is 286 g/mol. The lowest BCUT2D eigenvalue weighted by molar-refractivity contribution is 0.461. The van der Waals surface area contributed by atoms with Crippen LogP contribution in [0.2, 0.25) is 0 Å². The van der Waals surface area contributed by atoms with Gasteiger partial charge in [0.2, 0.25) is 0 Å². The van der Waals surface area contributed by atoms with Crippen LogP contribution in [0.3, 0.4) is 0 Å². The largest absolute Gasteiger partial charge is 0.307 e. The minimum Gasteiger partial charge on any atom is -0.307 e. The van der Waals surface area contributed by atoms with E-state index in [1.807, 2.05) is 10.9 Å². The standard InChI is InChI=1S/C15H25N5.ClH/c1-5-19-11-14(13(4)18-19)8-16-9-15-6-7-17-20(15)10-12(2)3;/h6-7,11-12,16H,5,8-10H2,1-4H3;1H. The third-order valence-electron chi connectivity index (χ3n) is 3.34. The molecule has 0 radical (unpaired) electrons. The third-order valence-corrected chi connectivity index (χ3v) is 3.34. The van der Waals surface area contributed by atoms with Crippen LogP contribution in [0, 0.1) is 12.8 Å². The SMILES string of the molecule is CCn1cc(CNCc2ccnn2CC(C)C)c(C)n1.Cl. The van der Waals surface area contributed by atoms with E-state index in [0.717, 1.165) is 31.9 Å². The average molecular weight is 312 g/mol. The first-order valence-electron chi connectivity index (χ1n) is 7.34. The maximum absolute atomic E-state index is 4.46. The van der Waals surface area contributed by atoms with Crippen LogP contribution in [-0.2, 0) is 26.2 Å². The van der Waals surface area contributed by atoms with Crippen molar-refractivity contribution < 1.29 is 0 Å². The molecule has 2 aromatic rings. The summed E-state index contributed by atoms with van der Waals surface area (Å²) in [5.74, 6) is 0.610. The Bertz CT molecular complexity index is 544. The highest BCUT2D eigenvalue weighted by molar-refractivity contribution is 5.85. The minimum absolute atomic E-state index is 0. The van der Waals surface area contributed by atoms with E-state index in [9.17, 15) is 0 Å². The molecule has 1 N–H and O–H groups in total. The van der Waals surface area contributed by atoms with Gasteiger partial charge in [-0.2, -0.15) is 10.2 Å². The summed E-state index contributed by atoms with van der Waals surface area (Å²) >= 11 is 0. The molecule has 0 fully saturated rings. The van der Waals surface area contributed by atoms with Gasteiger partial charge in [-0.05, 0) is 25.8 Å². The van der Waals surface area contributed by atoms with E-state index in [1.54, 1.807) is 0 Å². The summed E-state index contributed by atoms with van der Waals surface area (Å²) in [5, 5.41) is 12.3. The second-order valence-corrected chi connectivity index (χ2v) is 5.60. The molecule has 0 amide bonds. The predicted molar refractivity (Wildman–Crippen MR) is 87.5 cm³/mol. The highest BCUT2D eigenvalue weighted by Crippen LogP contribution is 2.07. The molecule has 0 saturated carbocycles. The van der Waals surface area contributed by atoms with Gasteiger partial charge in [-0.15, -0.1) is 12.4 Å². The molecule has 0 aliphatic carbocycles. The number of nitrogens with one attached hydrogen (secondary N) is 1. The summed E-state index contributed by atoms with van der Waals surface area (Å²) in [5.41, 5.74) is 3.61. The first kappa shape index (κ1) is 17.7. The van der Waals surface area contributed by atoms with Gasteiger partial charge in [0.1, 0.15) is 0 Å². The number of hydrogen-bond donors (Lipinski definition) is 1. The van der Waals surface area contributed by atoms with Gasteiger partial charge in [-0.25, -0.2) is 0 Å². The number of rotatable bonds is 7. The summed E-state index contributed by atoms with van der Waals surface area (Å²) < 4.78 is 4.06. The Morgan fingerprint density at radius 1 is 1.29 bits per heavy atom. The maximum atomic E-state index is 4.46. The molecule has 5 nitrogen and oxygen atoms in total.